The summed E-state index contributed by atoms with van der Waals surface area (Å²) in [5.41, 5.74) is 1.42. The van der Waals surface area contributed by atoms with Crippen LogP contribution in [0.2, 0.25) is 0 Å². The van der Waals surface area contributed by atoms with Crippen LogP contribution < -0.4 is 10.1 Å². The Morgan fingerprint density at radius 2 is 2.00 bits per heavy atom. The Morgan fingerprint density at radius 1 is 1.26 bits per heavy atom. The Hall–Kier alpha value is -2.96. The predicted octanol–water partition coefficient (Wildman–Crippen LogP) is 3.09. The molecule has 2 aromatic carbocycles. The molecular formula is C20H20F2N2O3. The molecule has 1 saturated heterocycles. The van der Waals surface area contributed by atoms with Crippen molar-refractivity contribution in [1.82, 2.24) is 4.90 Å². The lowest BCUT2D eigenvalue weighted by Crippen LogP contribution is -2.33. The average molecular weight is 374 g/mol. The molecule has 1 aliphatic heterocycles. The number of aryl methyl sites for hydroxylation is 1. The highest BCUT2D eigenvalue weighted by molar-refractivity contribution is 6.08. The number of methoxy groups -OCH3 is 1. The van der Waals surface area contributed by atoms with Crippen molar-refractivity contribution in [2.24, 2.45) is 5.92 Å². The van der Waals surface area contributed by atoms with Gasteiger partial charge in [-0.25, -0.2) is 8.78 Å². The summed E-state index contributed by atoms with van der Waals surface area (Å²) < 4.78 is 32.6. The second kappa shape index (κ2) is 7.34. The lowest BCUT2D eigenvalue weighted by Gasteiger charge is -2.18. The number of carbonyl (C=O) groups excluding carboxylic acids is 2. The van der Waals surface area contributed by atoms with Gasteiger partial charge < -0.3 is 15.0 Å². The fourth-order valence-corrected chi connectivity index (χ4v) is 3.37. The number of nitrogens with zero attached hydrogens (tertiary/aromatic N) is 1. The number of ether oxygens (including phenoxy) is 1. The van der Waals surface area contributed by atoms with Crippen molar-refractivity contribution >= 4 is 17.5 Å². The molecule has 5 nitrogen and oxygen atoms in total. The van der Waals surface area contributed by atoms with Crippen molar-refractivity contribution in [2.45, 2.75) is 12.8 Å². The fourth-order valence-electron chi connectivity index (χ4n) is 3.37. The topological polar surface area (TPSA) is 58.6 Å². The summed E-state index contributed by atoms with van der Waals surface area (Å²) in [4.78, 5) is 26.8. The normalized spacial score (nSPS) is 19.3. The molecule has 1 N–H and O–H groups in total. The highest BCUT2D eigenvalue weighted by atomic mass is 19.2. The number of nitrogens with one attached hydrogen (secondary N) is 1. The van der Waals surface area contributed by atoms with Crippen LogP contribution in [0.5, 0.6) is 5.75 Å². The third kappa shape index (κ3) is 3.49. The number of halogens is 2. The molecule has 27 heavy (non-hydrogen) atoms. The second-order valence-electron chi connectivity index (χ2n) is 6.62. The smallest absolute Gasteiger partial charge is 0.237 e. The molecule has 2 aromatic rings. The molecule has 2 atom stereocenters. The zero-order valence-corrected chi connectivity index (χ0v) is 15.3. The Balaban J connectivity index is 1.92. The number of anilines is 1. The van der Waals surface area contributed by atoms with Crippen LogP contribution in [0.1, 0.15) is 17.0 Å². The van der Waals surface area contributed by atoms with Gasteiger partial charge in [-0.2, -0.15) is 0 Å². The number of amides is 2. The molecule has 0 bridgehead atoms. The zero-order valence-electron chi connectivity index (χ0n) is 15.3. The molecule has 0 spiro atoms. The van der Waals surface area contributed by atoms with E-state index in [0.717, 1.165) is 17.2 Å². The number of carbonyl (C=O) groups is 2. The van der Waals surface area contributed by atoms with Crippen LogP contribution in [0.25, 0.3) is 0 Å². The lowest BCUT2D eigenvalue weighted by molar-refractivity contribution is -0.135. The summed E-state index contributed by atoms with van der Waals surface area (Å²) in [6, 6.07) is 9.01. The van der Waals surface area contributed by atoms with E-state index < -0.39 is 29.4 Å². The van der Waals surface area contributed by atoms with Gasteiger partial charge in [-0.1, -0.05) is 18.2 Å². The monoisotopic (exact) mass is 374 g/mol. The van der Waals surface area contributed by atoms with E-state index >= 15 is 0 Å². The van der Waals surface area contributed by atoms with Crippen LogP contribution in [-0.2, 0) is 9.59 Å². The molecule has 0 radical (unpaired) electrons. The largest absolute Gasteiger partial charge is 0.496 e. The summed E-state index contributed by atoms with van der Waals surface area (Å²) in [5.74, 6) is -4.06. The maximum Gasteiger partial charge on any atom is 0.237 e. The molecular weight excluding hydrogens is 354 g/mol. The van der Waals surface area contributed by atoms with Crippen LogP contribution in [0.3, 0.4) is 0 Å². The number of hydrogen-bond donors (Lipinski definition) is 1. The average Bonchev–Trinajstić information content (AvgIpc) is 2.94. The van der Waals surface area contributed by atoms with Gasteiger partial charge in [-0.15, -0.1) is 0 Å². The number of benzene rings is 2. The van der Waals surface area contributed by atoms with Crippen LogP contribution in [-0.4, -0.2) is 37.4 Å². The van der Waals surface area contributed by atoms with Crippen LogP contribution in [0, 0.1) is 24.5 Å². The molecule has 0 saturated carbocycles. The van der Waals surface area contributed by atoms with Gasteiger partial charge in [-0.05, 0) is 36.2 Å². The first kappa shape index (κ1) is 18.8. The van der Waals surface area contributed by atoms with E-state index in [1.807, 2.05) is 19.1 Å². The van der Waals surface area contributed by atoms with Crippen molar-refractivity contribution in [3.8, 4) is 5.75 Å². The standard InChI is InChI=1S/C20H20F2N2O3/c1-11-7-8-12(9-16(11)27-3)13-10-24(2)20(26)17(13)19(25)23-15-6-4-5-14(21)18(15)22/h4-9,13,17H,10H2,1-3H3,(H,23,25). The highest BCUT2D eigenvalue weighted by Gasteiger charge is 2.44. The minimum Gasteiger partial charge on any atom is -0.496 e. The number of rotatable bonds is 4. The molecule has 3 rings (SSSR count). The second-order valence-corrected chi connectivity index (χ2v) is 6.62. The fraction of sp³-hybridized carbons (Fsp3) is 0.300. The molecule has 7 heteroatoms. The predicted molar refractivity (Wildman–Crippen MR) is 96.6 cm³/mol. The first-order valence-corrected chi connectivity index (χ1v) is 8.48. The summed E-state index contributed by atoms with van der Waals surface area (Å²) in [6.07, 6.45) is 0. The molecule has 2 amide bonds. The van der Waals surface area contributed by atoms with E-state index in [1.165, 1.54) is 17.0 Å². The summed E-state index contributed by atoms with van der Waals surface area (Å²) in [5, 5.41) is 2.35. The number of likely N-dealkylation sites (tertiary alicyclic amines) is 1. The van der Waals surface area contributed by atoms with Crippen molar-refractivity contribution in [1.29, 1.82) is 0 Å². The summed E-state index contributed by atoms with van der Waals surface area (Å²) in [7, 11) is 3.16. The highest BCUT2D eigenvalue weighted by Crippen LogP contribution is 2.36. The van der Waals surface area contributed by atoms with E-state index in [1.54, 1.807) is 20.2 Å². The number of likely N-dealkylation sites (N-methyl/N-ethyl adjacent to an activating group) is 1. The molecule has 1 aliphatic rings. The minimum atomic E-state index is -1.15. The van der Waals surface area contributed by atoms with Crippen LogP contribution >= 0.6 is 0 Å². The number of hydrogen-bond acceptors (Lipinski definition) is 3. The van der Waals surface area contributed by atoms with Gasteiger partial charge in [0, 0.05) is 19.5 Å². The van der Waals surface area contributed by atoms with E-state index in [-0.39, 0.29) is 11.6 Å². The Kier molecular flexibility index (Phi) is 5.12. The quantitative estimate of drug-likeness (QED) is 0.837. The molecule has 0 aromatic heterocycles. The molecule has 142 valence electrons. The lowest BCUT2D eigenvalue weighted by atomic mass is 9.87. The minimum absolute atomic E-state index is 0.289. The van der Waals surface area contributed by atoms with E-state index in [9.17, 15) is 18.4 Å². The van der Waals surface area contributed by atoms with Crippen molar-refractivity contribution in [3.63, 3.8) is 0 Å². The van der Waals surface area contributed by atoms with Crippen molar-refractivity contribution in [3.05, 3.63) is 59.2 Å². The van der Waals surface area contributed by atoms with Gasteiger partial charge in [0.1, 0.15) is 11.7 Å². The van der Waals surface area contributed by atoms with E-state index in [0.29, 0.717) is 12.3 Å². The first-order valence-electron chi connectivity index (χ1n) is 8.48. The summed E-state index contributed by atoms with van der Waals surface area (Å²) in [6.45, 7) is 2.24. The first-order chi connectivity index (χ1) is 12.8. The van der Waals surface area contributed by atoms with Crippen molar-refractivity contribution < 1.29 is 23.1 Å². The molecule has 1 fully saturated rings. The van der Waals surface area contributed by atoms with Gasteiger partial charge in [0.25, 0.3) is 0 Å². The van der Waals surface area contributed by atoms with E-state index in [4.69, 9.17) is 4.74 Å². The Bertz CT molecular complexity index is 901. The maximum atomic E-state index is 13.9. The third-order valence-electron chi connectivity index (χ3n) is 4.87. The van der Waals surface area contributed by atoms with Crippen molar-refractivity contribution in [2.75, 3.05) is 26.0 Å². The Labute approximate surface area is 155 Å². The zero-order chi connectivity index (χ0) is 19.7. The summed E-state index contributed by atoms with van der Waals surface area (Å²) >= 11 is 0. The van der Waals surface area contributed by atoms with Gasteiger partial charge in [0.15, 0.2) is 11.6 Å². The van der Waals surface area contributed by atoms with Gasteiger partial charge >= 0.3 is 0 Å². The maximum absolute atomic E-state index is 13.9. The molecule has 1 heterocycles. The van der Waals surface area contributed by atoms with E-state index in [2.05, 4.69) is 5.32 Å². The molecule has 2 unspecified atom stereocenters. The van der Waals surface area contributed by atoms with Crippen LogP contribution in [0.15, 0.2) is 36.4 Å². The third-order valence-corrected chi connectivity index (χ3v) is 4.87. The van der Waals surface area contributed by atoms with Crippen LogP contribution in [0.4, 0.5) is 14.5 Å². The van der Waals surface area contributed by atoms with Gasteiger partial charge in [-0.3, -0.25) is 9.59 Å². The van der Waals surface area contributed by atoms with Gasteiger partial charge in [0.2, 0.25) is 11.8 Å². The molecule has 0 aliphatic carbocycles. The SMILES string of the molecule is COc1cc(C2CN(C)C(=O)C2C(=O)Nc2cccc(F)c2F)ccc1C. The van der Waals surface area contributed by atoms with Gasteiger partial charge in [0.05, 0.1) is 12.8 Å². The Morgan fingerprint density at radius 3 is 2.70 bits per heavy atom.